The standard InChI is InChI=1S/C14H18FO2.C2H6.Y/c1-4-13(15)9-11(3)17-14(16)12-7-5-10(2)6-8-12;1-2;/h9-10,12H,1,3,5-8H2,2H3;1-2H3;/q-1;;/b13-9+;;. The Hall–Kier alpha value is -0.276. The Morgan fingerprint density at radius 3 is 2.25 bits per heavy atom. The second-order valence-corrected chi connectivity index (χ2v) is 4.51. The van der Waals surface area contributed by atoms with Crippen LogP contribution in [-0.2, 0) is 42.2 Å². The van der Waals surface area contributed by atoms with Gasteiger partial charge in [0.1, 0.15) is 0 Å². The van der Waals surface area contributed by atoms with Crippen LogP contribution in [0.4, 0.5) is 4.39 Å². The minimum absolute atomic E-state index is 0. The average Bonchev–Trinajstić information content (AvgIpc) is 2.41. The van der Waals surface area contributed by atoms with E-state index in [-0.39, 0.29) is 50.4 Å². The third kappa shape index (κ3) is 8.81. The number of halogens is 1. The van der Waals surface area contributed by atoms with Gasteiger partial charge in [-0.05, 0) is 37.4 Å². The molecule has 4 heteroatoms. The molecule has 20 heavy (non-hydrogen) atoms. The largest absolute Gasteiger partial charge is 0.447 e. The van der Waals surface area contributed by atoms with Gasteiger partial charge in [0.2, 0.25) is 0 Å². The summed E-state index contributed by atoms with van der Waals surface area (Å²) in [6.45, 7) is 12.8. The van der Waals surface area contributed by atoms with Gasteiger partial charge in [-0.15, -0.1) is 6.08 Å². The van der Waals surface area contributed by atoms with Gasteiger partial charge < -0.3 is 4.74 Å². The van der Waals surface area contributed by atoms with E-state index < -0.39 is 5.83 Å². The second-order valence-electron chi connectivity index (χ2n) is 4.51. The normalized spacial score (nSPS) is 21.7. The third-order valence-corrected chi connectivity index (χ3v) is 3.04. The molecular weight excluding hydrogens is 332 g/mol. The Labute approximate surface area is 147 Å². The quantitative estimate of drug-likeness (QED) is 0.315. The van der Waals surface area contributed by atoms with Crippen LogP contribution in [0.5, 0.6) is 0 Å². The molecule has 0 amide bonds. The fourth-order valence-electron chi connectivity index (χ4n) is 1.93. The topological polar surface area (TPSA) is 26.3 Å². The van der Waals surface area contributed by atoms with E-state index in [0.717, 1.165) is 31.8 Å². The van der Waals surface area contributed by atoms with Crippen LogP contribution in [0, 0.1) is 17.9 Å². The zero-order valence-corrected chi connectivity index (χ0v) is 15.6. The van der Waals surface area contributed by atoms with E-state index in [1.54, 1.807) is 0 Å². The van der Waals surface area contributed by atoms with Crippen LogP contribution in [0.3, 0.4) is 0 Å². The zero-order valence-electron chi connectivity index (χ0n) is 12.7. The number of ether oxygens (including phenoxy) is 1. The first-order valence-corrected chi connectivity index (χ1v) is 6.83. The van der Waals surface area contributed by atoms with Crippen LogP contribution < -0.4 is 0 Å². The van der Waals surface area contributed by atoms with Crippen LogP contribution in [0.15, 0.2) is 30.8 Å². The van der Waals surface area contributed by atoms with E-state index in [1.165, 1.54) is 0 Å². The molecule has 0 saturated heterocycles. The van der Waals surface area contributed by atoms with Gasteiger partial charge in [-0.2, -0.15) is 6.58 Å². The summed E-state index contributed by atoms with van der Waals surface area (Å²) < 4.78 is 17.7. The van der Waals surface area contributed by atoms with E-state index in [1.807, 2.05) is 19.9 Å². The molecule has 0 bridgehead atoms. The molecule has 0 unspecified atom stereocenters. The number of allylic oxidation sites excluding steroid dienone is 3. The molecule has 0 aliphatic heterocycles. The first-order valence-electron chi connectivity index (χ1n) is 6.83. The van der Waals surface area contributed by atoms with Gasteiger partial charge in [0.25, 0.3) is 0 Å². The molecule has 0 heterocycles. The molecule has 0 aromatic rings. The van der Waals surface area contributed by atoms with Gasteiger partial charge in [-0.1, -0.05) is 27.4 Å². The summed E-state index contributed by atoms with van der Waals surface area (Å²) in [6.07, 6.45) is 6.81. The van der Waals surface area contributed by atoms with E-state index in [0.29, 0.717) is 5.92 Å². The molecule has 1 aliphatic carbocycles. The number of carbonyl (C=O) groups is 1. The van der Waals surface area contributed by atoms with Crippen molar-refractivity contribution < 1.29 is 46.6 Å². The van der Waals surface area contributed by atoms with Crippen molar-refractivity contribution in [2.24, 2.45) is 11.8 Å². The van der Waals surface area contributed by atoms with Crippen molar-refractivity contribution in [1.29, 1.82) is 0 Å². The number of hydrogen-bond acceptors (Lipinski definition) is 2. The van der Waals surface area contributed by atoms with Crippen LogP contribution in [0.1, 0.15) is 46.5 Å². The van der Waals surface area contributed by atoms with Crippen molar-refractivity contribution in [3.63, 3.8) is 0 Å². The minimum Gasteiger partial charge on any atom is -0.447 e. The Kier molecular flexibility index (Phi) is 13.7. The Morgan fingerprint density at radius 1 is 1.30 bits per heavy atom. The number of rotatable bonds is 4. The summed E-state index contributed by atoms with van der Waals surface area (Å²) in [5, 5.41) is 0. The first kappa shape index (κ1) is 22.0. The summed E-state index contributed by atoms with van der Waals surface area (Å²) in [7, 11) is 0. The molecule has 1 aliphatic rings. The van der Waals surface area contributed by atoms with E-state index in [4.69, 9.17) is 4.74 Å². The van der Waals surface area contributed by atoms with Gasteiger partial charge in [0, 0.05) is 38.5 Å². The minimum atomic E-state index is -0.680. The number of hydrogen-bond donors (Lipinski definition) is 0. The van der Waals surface area contributed by atoms with Crippen LogP contribution in [0.25, 0.3) is 0 Å². The van der Waals surface area contributed by atoms with Gasteiger partial charge in [-0.3, -0.25) is 4.79 Å². The van der Waals surface area contributed by atoms with Crippen LogP contribution in [0.2, 0.25) is 0 Å². The predicted octanol–water partition coefficient (Wildman–Crippen LogP) is 4.74. The SMILES string of the molecule is C=[C-]/C(F)=C\C(=C)OC(=O)C1CCC(C)CC1.CC.[Y]. The molecular formula is C16H24FO2Y-. The molecule has 0 aromatic heterocycles. The van der Waals surface area contributed by atoms with E-state index in [2.05, 4.69) is 20.1 Å². The summed E-state index contributed by atoms with van der Waals surface area (Å²) in [5.41, 5.74) is 0. The fraction of sp³-hybridized carbons (Fsp3) is 0.562. The van der Waals surface area contributed by atoms with Crippen LogP contribution >= 0.6 is 0 Å². The van der Waals surface area contributed by atoms with E-state index >= 15 is 0 Å². The molecule has 1 fully saturated rings. The van der Waals surface area contributed by atoms with Gasteiger partial charge in [0.15, 0.2) is 0 Å². The summed E-state index contributed by atoms with van der Waals surface area (Å²) in [5.74, 6) is -0.389. The van der Waals surface area contributed by atoms with Crippen molar-refractivity contribution in [2.75, 3.05) is 0 Å². The maximum Gasteiger partial charge on any atom is 0.312 e. The maximum absolute atomic E-state index is 12.8. The third-order valence-electron chi connectivity index (χ3n) is 3.04. The molecule has 0 atom stereocenters. The van der Waals surface area contributed by atoms with Gasteiger partial charge >= 0.3 is 5.97 Å². The zero-order chi connectivity index (χ0) is 14.8. The number of esters is 1. The smallest absolute Gasteiger partial charge is 0.312 e. The van der Waals surface area contributed by atoms with Crippen molar-refractivity contribution in [2.45, 2.75) is 46.5 Å². The molecule has 0 aromatic carbocycles. The predicted molar refractivity (Wildman–Crippen MR) is 75.8 cm³/mol. The summed E-state index contributed by atoms with van der Waals surface area (Å²) in [6, 6.07) is 0. The Bertz CT molecular complexity index is 342. The van der Waals surface area contributed by atoms with Crippen molar-refractivity contribution in [3.8, 4) is 0 Å². The second kappa shape index (κ2) is 12.5. The maximum atomic E-state index is 12.8. The fourth-order valence-corrected chi connectivity index (χ4v) is 1.93. The molecule has 1 radical (unpaired) electrons. The first-order chi connectivity index (χ1) is 9.02. The molecule has 0 N–H and O–H groups in total. The Balaban J connectivity index is 0. The van der Waals surface area contributed by atoms with Crippen molar-refractivity contribution >= 4 is 5.97 Å². The monoisotopic (exact) mass is 356 g/mol. The number of carbonyl (C=O) groups excluding carboxylic acids is 1. The molecule has 1 rings (SSSR count). The molecule has 0 spiro atoms. The van der Waals surface area contributed by atoms with Gasteiger partial charge in [-0.25, -0.2) is 10.5 Å². The van der Waals surface area contributed by atoms with Crippen LogP contribution in [-0.4, -0.2) is 5.97 Å². The molecule has 2 nitrogen and oxygen atoms in total. The summed E-state index contributed by atoms with van der Waals surface area (Å²) in [4.78, 5) is 11.7. The van der Waals surface area contributed by atoms with Gasteiger partial charge in [0.05, 0.1) is 5.92 Å². The molecule has 1 saturated carbocycles. The molecule has 111 valence electrons. The Morgan fingerprint density at radius 2 is 1.80 bits per heavy atom. The van der Waals surface area contributed by atoms with Crippen molar-refractivity contribution in [1.82, 2.24) is 0 Å². The van der Waals surface area contributed by atoms with Crippen molar-refractivity contribution in [3.05, 3.63) is 36.9 Å². The summed E-state index contributed by atoms with van der Waals surface area (Å²) >= 11 is 0. The average molecular weight is 356 g/mol. The van der Waals surface area contributed by atoms with E-state index in [9.17, 15) is 9.18 Å².